The maximum absolute atomic E-state index is 5.51. The van der Waals surface area contributed by atoms with Crippen molar-refractivity contribution in [2.45, 2.75) is 50.0 Å². The van der Waals surface area contributed by atoms with Crippen LogP contribution >= 0.6 is 17.0 Å². The predicted molar refractivity (Wildman–Crippen MR) is 95.3 cm³/mol. The van der Waals surface area contributed by atoms with E-state index in [4.69, 9.17) is 4.74 Å². The normalized spacial score (nSPS) is 32.8. The molecular formula is C18H28BrNO2. The Morgan fingerprint density at radius 1 is 1.23 bits per heavy atom. The summed E-state index contributed by atoms with van der Waals surface area (Å²) < 4.78 is 5.51. The van der Waals surface area contributed by atoms with Crippen LogP contribution in [0, 0.1) is 5.92 Å². The zero-order valence-corrected chi connectivity index (χ0v) is 15.3. The van der Waals surface area contributed by atoms with Crippen molar-refractivity contribution in [1.29, 1.82) is 0 Å². The van der Waals surface area contributed by atoms with Crippen LogP contribution in [-0.2, 0) is 11.8 Å². The zero-order valence-electron chi connectivity index (χ0n) is 13.6. The molecule has 3 nitrogen and oxygen atoms in total. The van der Waals surface area contributed by atoms with Gasteiger partial charge in [0.05, 0.1) is 7.11 Å². The van der Waals surface area contributed by atoms with Crippen LogP contribution in [0.4, 0.5) is 0 Å². The van der Waals surface area contributed by atoms with Crippen LogP contribution < -0.4 is 4.74 Å². The Balaban J connectivity index is 0.000000882. The lowest BCUT2D eigenvalue weighted by Gasteiger charge is -2.58. The molecule has 22 heavy (non-hydrogen) atoms. The monoisotopic (exact) mass is 369 g/mol. The van der Waals surface area contributed by atoms with Gasteiger partial charge in [0.1, 0.15) is 5.75 Å². The molecule has 1 saturated carbocycles. The van der Waals surface area contributed by atoms with E-state index in [0.29, 0.717) is 5.41 Å². The molecule has 1 saturated heterocycles. The molecule has 2 bridgehead atoms. The molecular weight excluding hydrogens is 342 g/mol. The number of piperidine rings is 1. The Bertz CT molecular complexity index is 536. The van der Waals surface area contributed by atoms with Gasteiger partial charge in [-0.2, -0.15) is 0 Å². The van der Waals surface area contributed by atoms with Gasteiger partial charge in [0, 0.05) is 11.5 Å². The number of likely N-dealkylation sites (N-methyl/N-ethyl adjacent to an activating group) is 1. The quantitative estimate of drug-likeness (QED) is 0.762. The molecule has 0 spiro atoms. The van der Waals surface area contributed by atoms with Gasteiger partial charge >= 0.3 is 0 Å². The third-order valence-electron chi connectivity index (χ3n) is 6.32. The molecule has 4 heteroatoms. The highest BCUT2D eigenvalue weighted by molar-refractivity contribution is 8.93. The first kappa shape index (κ1) is 17.8. The summed E-state index contributed by atoms with van der Waals surface area (Å²) in [6, 6.07) is 7.60. The fraction of sp³-hybridized carbons (Fsp3) is 0.667. The molecule has 0 aromatic heterocycles. The van der Waals surface area contributed by atoms with Crippen molar-refractivity contribution >= 4 is 17.0 Å². The average molecular weight is 370 g/mol. The number of benzene rings is 1. The van der Waals surface area contributed by atoms with Crippen molar-refractivity contribution in [1.82, 2.24) is 4.90 Å². The Labute approximate surface area is 144 Å². The summed E-state index contributed by atoms with van der Waals surface area (Å²) in [5.41, 5.74) is 3.67. The van der Waals surface area contributed by atoms with Crippen LogP contribution in [0.5, 0.6) is 5.75 Å². The van der Waals surface area contributed by atoms with Crippen molar-refractivity contribution in [3.8, 4) is 5.75 Å². The van der Waals surface area contributed by atoms with Crippen LogP contribution in [0.3, 0.4) is 0 Å². The summed E-state index contributed by atoms with van der Waals surface area (Å²) in [7, 11) is 4.12. The first-order valence-corrected chi connectivity index (χ1v) is 8.12. The van der Waals surface area contributed by atoms with Gasteiger partial charge in [0.2, 0.25) is 0 Å². The van der Waals surface area contributed by atoms with Crippen LogP contribution in [0.15, 0.2) is 18.2 Å². The lowest BCUT2D eigenvalue weighted by atomic mass is 9.52. The Morgan fingerprint density at radius 2 is 2.05 bits per heavy atom. The van der Waals surface area contributed by atoms with Crippen molar-refractivity contribution in [2.24, 2.45) is 5.92 Å². The van der Waals surface area contributed by atoms with E-state index in [0.717, 1.165) is 17.7 Å². The Hall–Kier alpha value is -0.580. The Morgan fingerprint density at radius 3 is 2.82 bits per heavy atom. The molecule has 1 aromatic carbocycles. The van der Waals surface area contributed by atoms with Gasteiger partial charge in [0.15, 0.2) is 0 Å². The summed E-state index contributed by atoms with van der Waals surface area (Å²) in [6.07, 6.45) is 8.22. The van der Waals surface area contributed by atoms with E-state index in [1.165, 1.54) is 45.1 Å². The minimum Gasteiger partial charge on any atom is -0.497 e. The minimum absolute atomic E-state index is 0. The Kier molecular flexibility index (Phi) is 5.25. The predicted octanol–water partition coefficient (Wildman–Crippen LogP) is 3.14. The third-order valence-corrected chi connectivity index (χ3v) is 6.32. The highest BCUT2D eigenvalue weighted by Gasteiger charge is 2.53. The summed E-state index contributed by atoms with van der Waals surface area (Å²) in [6.45, 7) is 1.26. The molecule has 1 aromatic rings. The molecule has 0 amide bonds. The highest BCUT2D eigenvalue weighted by Crippen LogP contribution is 2.55. The third kappa shape index (κ3) is 2.40. The van der Waals surface area contributed by atoms with Gasteiger partial charge in [0.25, 0.3) is 0 Å². The number of fused-ring (bicyclic) bond motifs is 1. The first-order valence-electron chi connectivity index (χ1n) is 8.12. The molecule has 3 aliphatic rings. The summed E-state index contributed by atoms with van der Waals surface area (Å²) >= 11 is 0. The number of hydrogen-bond acceptors (Lipinski definition) is 2. The number of methoxy groups -OCH3 is 1. The lowest BCUT2D eigenvalue weighted by molar-refractivity contribution is 0.00274. The van der Waals surface area contributed by atoms with E-state index < -0.39 is 0 Å². The van der Waals surface area contributed by atoms with Gasteiger partial charge in [-0.25, -0.2) is 0 Å². The molecule has 124 valence electrons. The summed E-state index contributed by atoms with van der Waals surface area (Å²) in [5, 5.41) is 0. The van der Waals surface area contributed by atoms with Crippen LogP contribution in [0.25, 0.3) is 0 Å². The van der Waals surface area contributed by atoms with Gasteiger partial charge in [-0.1, -0.05) is 18.9 Å². The standard InChI is InChI=1S/C18H25NO.BrH.H2O/c1-19-10-9-18-8-4-3-5-15(18)17(19)11-13-6-7-14(20-2)12-16(13)18;;/h6-7,12,15,17H,3-5,8-11H2,1-2H3;1H;1H2/t15-,17-,18+;;/m1../s1. The molecule has 3 atom stereocenters. The zero-order chi connectivity index (χ0) is 13.7. The average Bonchev–Trinajstić information content (AvgIpc) is 2.50. The van der Waals surface area contributed by atoms with Crippen LogP contribution in [0.2, 0.25) is 0 Å². The van der Waals surface area contributed by atoms with Crippen molar-refractivity contribution < 1.29 is 10.2 Å². The first-order chi connectivity index (χ1) is 9.74. The van der Waals surface area contributed by atoms with E-state index >= 15 is 0 Å². The van der Waals surface area contributed by atoms with Gasteiger partial charge in [-0.05, 0) is 68.5 Å². The fourth-order valence-electron chi connectivity index (χ4n) is 5.30. The molecule has 0 radical (unpaired) electrons. The maximum atomic E-state index is 5.51. The molecule has 2 fully saturated rings. The topological polar surface area (TPSA) is 44.0 Å². The summed E-state index contributed by atoms with van der Waals surface area (Å²) in [4.78, 5) is 2.63. The van der Waals surface area contributed by atoms with E-state index in [2.05, 4.69) is 30.1 Å². The number of nitrogens with zero attached hydrogens (tertiary/aromatic N) is 1. The van der Waals surface area contributed by atoms with Crippen LogP contribution in [-0.4, -0.2) is 37.1 Å². The summed E-state index contributed by atoms with van der Waals surface area (Å²) in [5.74, 6) is 1.91. The highest BCUT2D eigenvalue weighted by atomic mass is 79.9. The molecule has 2 aliphatic carbocycles. The molecule has 0 unspecified atom stereocenters. The van der Waals surface area contributed by atoms with Gasteiger partial charge in [-0.3, -0.25) is 0 Å². The number of likely N-dealkylation sites (tertiary alicyclic amines) is 1. The second-order valence-corrected chi connectivity index (χ2v) is 7.03. The minimum atomic E-state index is 0. The van der Waals surface area contributed by atoms with Crippen molar-refractivity contribution in [3.63, 3.8) is 0 Å². The van der Waals surface area contributed by atoms with Crippen molar-refractivity contribution in [2.75, 3.05) is 20.7 Å². The number of hydrogen-bond donors (Lipinski definition) is 0. The SMILES string of the molecule is Br.COc1ccc2c(c1)[C@]13CCCC[C@@H]1[C@@H](C2)N(C)CC3.O. The fourth-order valence-corrected chi connectivity index (χ4v) is 5.30. The molecule has 1 aliphatic heterocycles. The maximum Gasteiger partial charge on any atom is 0.119 e. The van der Waals surface area contributed by atoms with E-state index in [1.54, 1.807) is 18.2 Å². The molecule has 2 N–H and O–H groups in total. The van der Waals surface area contributed by atoms with Crippen LogP contribution in [0.1, 0.15) is 43.2 Å². The van der Waals surface area contributed by atoms with Gasteiger partial charge in [-0.15, -0.1) is 17.0 Å². The lowest BCUT2D eigenvalue weighted by Crippen LogP contribution is -2.59. The molecule has 4 rings (SSSR count). The second-order valence-electron chi connectivity index (χ2n) is 7.03. The van der Waals surface area contributed by atoms with E-state index in [9.17, 15) is 0 Å². The number of ether oxygens (including phenoxy) is 1. The van der Waals surface area contributed by atoms with Crippen molar-refractivity contribution in [3.05, 3.63) is 29.3 Å². The number of rotatable bonds is 1. The molecule has 1 heterocycles. The van der Waals surface area contributed by atoms with Gasteiger partial charge < -0.3 is 15.1 Å². The number of halogens is 1. The van der Waals surface area contributed by atoms with E-state index in [1.807, 2.05) is 0 Å². The smallest absolute Gasteiger partial charge is 0.119 e. The second kappa shape index (κ2) is 6.50. The largest absolute Gasteiger partial charge is 0.497 e. The van der Waals surface area contributed by atoms with E-state index in [-0.39, 0.29) is 22.5 Å².